The second-order valence-corrected chi connectivity index (χ2v) is 5.37. The van der Waals surface area contributed by atoms with E-state index in [1.54, 1.807) is 11.8 Å². The monoisotopic (exact) mass is 305 g/mol. The van der Waals surface area contributed by atoms with Crippen molar-refractivity contribution in [2.45, 2.75) is 46.5 Å². The van der Waals surface area contributed by atoms with Crippen LogP contribution in [0.25, 0.3) is 0 Å². The van der Waals surface area contributed by atoms with Crippen molar-refractivity contribution in [2.75, 3.05) is 19.7 Å². The maximum Gasteiger partial charge on any atom is 0.307 e. The highest BCUT2D eigenvalue weighted by Crippen LogP contribution is 2.08. The molecule has 0 aliphatic heterocycles. The second kappa shape index (κ2) is 9.98. The normalized spacial score (nSPS) is 10.3. The maximum atomic E-state index is 12.2. The number of nitrogens with zero attached hydrogens (tertiary/aromatic N) is 1. The molecule has 0 bridgehead atoms. The van der Waals surface area contributed by atoms with Gasteiger partial charge in [-0.15, -0.1) is 0 Å². The summed E-state index contributed by atoms with van der Waals surface area (Å²) in [5, 5.41) is 0. The van der Waals surface area contributed by atoms with Crippen molar-refractivity contribution in [2.24, 2.45) is 0 Å². The molecule has 0 unspecified atom stereocenters. The van der Waals surface area contributed by atoms with Crippen LogP contribution < -0.4 is 0 Å². The van der Waals surface area contributed by atoms with E-state index in [0.29, 0.717) is 26.1 Å². The summed E-state index contributed by atoms with van der Waals surface area (Å²) in [4.78, 5) is 25.2. The molecule has 0 aliphatic rings. The van der Waals surface area contributed by atoms with E-state index in [4.69, 9.17) is 4.74 Å². The molecule has 1 rings (SSSR count). The van der Waals surface area contributed by atoms with Gasteiger partial charge >= 0.3 is 5.97 Å². The van der Waals surface area contributed by atoms with Gasteiger partial charge < -0.3 is 9.64 Å². The summed E-state index contributed by atoms with van der Waals surface area (Å²) < 4.78 is 4.89. The van der Waals surface area contributed by atoms with E-state index in [2.05, 4.69) is 31.2 Å². The number of carbonyl (C=O) groups excluding carboxylic acids is 2. The standard InChI is InChI=1S/C18H27NO3/c1-4-19(14-13-18(21)22-5-2)17(20)8-6-7-16-11-9-15(3)10-12-16/h9-12H,4-8,13-14H2,1-3H3. The van der Waals surface area contributed by atoms with E-state index in [1.165, 1.54) is 11.1 Å². The Morgan fingerprint density at radius 1 is 1.09 bits per heavy atom. The average Bonchev–Trinajstić information content (AvgIpc) is 2.50. The number of aryl methyl sites for hydroxylation is 2. The zero-order chi connectivity index (χ0) is 16.4. The minimum Gasteiger partial charge on any atom is -0.466 e. The Labute approximate surface area is 133 Å². The molecule has 122 valence electrons. The van der Waals surface area contributed by atoms with E-state index in [9.17, 15) is 9.59 Å². The topological polar surface area (TPSA) is 46.6 Å². The molecule has 0 atom stereocenters. The first-order valence-corrected chi connectivity index (χ1v) is 8.05. The van der Waals surface area contributed by atoms with Crippen molar-refractivity contribution in [3.8, 4) is 0 Å². The highest BCUT2D eigenvalue weighted by Gasteiger charge is 2.13. The lowest BCUT2D eigenvalue weighted by Crippen LogP contribution is -2.33. The summed E-state index contributed by atoms with van der Waals surface area (Å²) >= 11 is 0. The van der Waals surface area contributed by atoms with Gasteiger partial charge in [-0.05, 0) is 39.2 Å². The Hall–Kier alpha value is -1.84. The molecule has 22 heavy (non-hydrogen) atoms. The fourth-order valence-corrected chi connectivity index (χ4v) is 2.28. The van der Waals surface area contributed by atoms with E-state index in [0.717, 1.165) is 12.8 Å². The van der Waals surface area contributed by atoms with Crippen LogP contribution in [0.15, 0.2) is 24.3 Å². The molecule has 0 aliphatic carbocycles. The summed E-state index contributed by atoms with van der Waals surface area (Å²) in [7, 11) is 0. The summed E-state index contributed by atoms with van der Waals surface area (Å²) in [6, 6.07) is 8.40. The van der Waals surface area contributed by atoms with Crippen molar-refractivity contribution in [1.82, 2.24) is 4.90 Å². The number of rotatable bonds is 9. The van der Waals surface area contributed by atoms with Crippen LogP contribution >= 0.6 is 0 Å². The van der Waals surface area contributed by atoms with Gasteiger partial charge in [-0.1, -0.05) is 29.8 Å². The van der Waals surface area contributed by atoms with E-state index in [1.807, 2.05) is 6.92 Å². The molecule has 0 N–H and O–H groups in total. The van der Waals surface area contributed by atoms with Crippen LogP contribution in [0.2, 0.25) is 0 Å². The van der Waals surface area contributed by atoms with Crippen molar-refractivity contribution >= 4 is 11.9 Å². The van der Waals surface area contributed by atoms with Crippen LogP contribution in [-0.2, 0) is 20.7 Å². The highest BCUT2D eigenvalue weighted by atomic mass is 16.5. The van der Waals surface area contributed by atoms with Crippen LogP contribution in [0.4, 0.5) is 0 Å². The number of ether oxygens (including phenoxy) is 1. The number of hydrogen-bond acceptors (Lipinski definition) is 3. The van der Waals surface area contributed by atoms with E-state index in [-0.39, 0.29) is 18.3 Å². The zero-order valence-corrected chi connectivity index (χ0v) is 13.9. The molecule has 0 saturated carbocycles. The van der Waals surface area contributed by atoms with Crippen LogP contribution in [0.5, 0.6) is 0 Å². The molecule has 1 amide bonds. The van der Waals surface area contributed by atoms with Gasteiger partial charge in [0.2, 0.25) is 5.91 Å². The Kier molecular flexibility index (Phi) is 8.26. The summed E-state index contributed by atoms with van der Waals surface area (Å²) in [6.07, 6.45) is 2.52. The Bertz CT molecular complexity index is 468. The fourth-order valence-electron chi connectivity index (χ4n) is 2.28. The SMILES string of the molecule is CCOC(=O)CCN(CC)C(=O)CCCc1ccc(C)cc1. The average molecular weight is 305 g/mol. The molecule has 0 fully saturated rings. The molecular formula is C18H27NO3. The first-order valence-electron chi connectivity index (χ1n) is 8.05. The maximum absolute atomic E-state index is 12.2. The highest BCUT2D eigenvalue weighted by molar-refractivity contribution is 5.77. The fraction of sp³-hybridized carbons (Fsp3) is 0.556. The minimum absolute atomic E-state index is 0.110. The molecule has 0 aromatic heterocycles. The number of esters is 1. The molecule has 4 nitrogen and oxygen atoms in total. The Morgan fingerprint density at radius 3 is 2.36 bits per heavy atom. The first kappa shape index (κ1) is 18.2. The lowest BCUT2D eigenvalue weighted by Gasteiger charge is -2.20. The Balaban J connectivity index is 2.32. The molecule has 0 heterocycles. The number of benzene rings is 1. The largest absolute Gasteiger partial charge is 0.466 e. The van der Waals surface area contributed by atoms with Gasteiger partial charge in [-0.25, -0.2) is 0 Å². The van der Waals surface area contributed by atoms with E-state index >= 15 is 0 Å². The van der Waals surface area contributed by atoms with Crippen LogP contribution in [0, 0.1) is 6.92 Å². The number of amides is 1. The van der Waals surface area contributed by atoms with Crippen molar-refractivity contribution in [3.05, 3.63) is 35.4 Å². The zero-order valence-electron chi connectivity index (χ0n) is 13.9. The Morgan fingerprint density at radius 2 is 1.77 bits per heavy atom. The molecule has 0 saturated heterocycles. The summed E-state index contributed by atoms with van der Waals surface area (Å²) in [5.41, 5.74) is 2.50. The summed E-state index contributed by atoms with van der Waals surface area (Å²) in [6.45, 7) is 7.24. The molecule has 1 aromatic rings. The van der Waals surface area contributed by atoms with E-state index < -0.39 is 0 Å². The molecule has 0 spiro atoms. The molecule has 4 heteroatoms. The van der Waals surface area contributed by atoms with Gasteiger partial charge in [-0.2, -0.15) is 0 Å². The predicted molar refractivity (Wildman–Crippen MR) is 87.6 cm³/mol. The number of carbonyl (C=O) groups is 2. The lowest BCUT2D eigenvalue weighted by molar-refractivity contribution is -0.144. The lowest BCUT2D eigenvalue weighted by atomic mass is 10.1. The third kappa shape index (κ3) is 6.74. The van der Waals surface area contributed by atoms with Crippen LogP contribution in [0.1, 0.15) is 44.2 Å². The van der Waals surface area contributed by atoms with Gasteiger partial charge in [0, 0.05) is 19.5 Å². The van der Waals surface area contributed by atoms with Gasteiger partial charge in [0.15, 0.2) is 0 Å². The smallest absolute Gasteiger partial charge is 0.307 e. The van der Waals surface area contributed by atoms with Crippen molar-refractivity contribution in [3.63, 3.8) is 0 Å². The third-order valence-electron chi connectivity index (χ3n) is 3.60. The van der Waals surface area contributed by atoms with Gasteiger partial charge in [0.1, 0.15) is 0 Å². The van der Waals surface area contributed by atoms with Crippen LogP contribution in [-0.4, -0.2) is 36.5 Å². The second-order valence-electron chi connectivity index (χ2n) is 5.37. The molecular weight excluding hydrogens is 278 g/mol. The van der Waals surface area contributed by atoms with Crippen molar-refractivity contribution in [1.29, 1.82) is 0 Å². The summed E-state index contributed by atoms with van der Waals surface area (Å²) in [5.74, 6) is -0.132. The van der Waals surface area contributed by atoms with Gasteiger partial charge in [-0.3, -0.25) is 9.59 Å². The predicted octanol–water partition coefficient (Wildman–Crippen LogP) is 3.12. The first-order chi connectivity index (χ1) is 10.6. The van der Waals surface area contributed by atoms with Crippen molar-refractivity contribution < 1.29 is 14.3 Å². The molecule has 0 radical (unpaired) electrons. The number of hydrogen-bond donors (Lipinski definition) is 0. The van der Waals surface area contributed by atoms with Gasteiger partial charge in [0.05, 0.1) is 13.0 Å². The minimum atomic E-state index is -0.242. The quantitative estimate of drug-likeness (QED) is 0.659. The van der Waals surface area contributed by atoms with Crippen LogP contribution in [0.3, 0.4) is 0 Å². The molecule has 1 aromatic carbocycles. The van der Waals surface area contributed by atoms with Gasteiger partial charge in [0.25, 0.3) is 0 Å². The third-order valence-corrected chi connectivity index (χ3v) is 3.60.